The maximum absolute atomic E-state index is 12.1. The van der Waals surface area contributed by atoms with Gasteiger partial charge in [0.15, 0.2) is 12.2 Å². The van der Waals surface area contributed by atoms with Gasteiger partial charge in [0.1, 0.15) is 0 Å². The smallest absolute Gasteiger partial charge is 0.335 e. The van der Waals surface area contributed by atoms with E-state index in [4.69, 9.17) is 4.74 Å². The second-order valence-electron chi connectivity index (χ2n) is 4.68. The second-order valence-corrected chi connectivity index (χ2v) is 4.68. The van der Waals surface area contributed by atoms with Gasteiger partial charge >= 0.3 is 5.97 Å². The number of nitrogens with zero attached hydrogens (tertiary/aromatic N) is 1. The molecule has 0 bridgehead atoms. The molecule has 0 saturated carbocycles. The number of amides is 1. The molecular weight excluding hydrogens is 258 g/mol. The minimum Gasteiger partial charge on any atom is -0.451 e. The predicted molar refractivity (Wildman–Crippen MR) is 74.8 cm³/mol. The van der Waals surface area contributed by atoms with E-state index in [9.17, 15) is 14.7 Å². The molecule has 1 N–H and O–H groups in total. The summed E-state index contributed by atoms with van der Waals surface area (Å²) < 4.78 is 4.94. The topological polar surface area (TPSA) is 66.8 Å². The van der Waals surface area contributed by atoms with E-state index in [2.05, 4.69) is 0 Å². The maximum atomic E-state index is 12.1. The van der Waals surface area contributed by atoms with Crippen molar-refractivity contribution in [2.45, 2.75) is 39.0 Å². The third kappa shape index (κ3) is 4.66. The highest BCUT2D eigenvalue weighted by Gasteiger charge is 2.24. The van der Waals surface area contributed by atoms with Crippen molar-refractivity contribution in [1.29, 1.82) is 0 Å². The summed E-state index contributed by atoms with van der Waals surface area (Å²) in [6, 6.07) is 9.54. The van der Waals surface area contributed by atoms with Gasteiger partial charge in [-0.2, -0.15) is 0 Å². The SMILES string of the molecule is CCC(O)C(=O)OC(C)C(=O)N(C)Cc1ccccc1. The van der Waals surface area contributed by atoms with Gasteiger partial charge in [0.05, 0.1) is 0 Å². The standard InChI is InChI=1S/C15H21NO4/c1-4-13(17)15(19)20-11(2)14(18)16(3)10-12-8-6-5-7-9-12/h5-9,11,13,17H,4,10H2,1-3H3. The molecule has 1 rings (SSSR count). The summed E-state index contributed by atoms with van der Waals surface area (Å²) in [5.74, 6) is -1.06. The fraction of sp³-hybridized carbons (Fsp3) is 0.467. The van der Waals surface area contributed by atoms with Crippen LogP contribution in [0.3, 0.4) is 0 Å². The first-order valence-electron chi connectivity index (χ1n) is 6.63. The molecule has 0 spiro atoms. The van der Waals surface area contributed by atoms with Crippen LogP contribution in [0, 0.1) is 0 Å². The van der Waals surface area contributed by atoms with Gasteiger partial charge in [-0.3, -0.25) is 4.79 Å². The van der Waals surface area contributed by atoms with Gasteiger partial charge in [0, 0.05) is 13.6 Å². The van der Waals surface area contributed by atoms with E-state index >= 15 is 0 Å². The van der Waals surface area contributed by atoms with Crippen molar-refractivity contribution in [2.24, 2.45) is 0 Å². The number of carbonyl (C=O) groups is 2. The number of esters is 1. The molecule has 0 radical (unpaired) electrons. The molecule has 1 aromatic carbocycles. The number of carbonyl (C=O) groups excluding carboxylic acids is 2. The summed E-state index contributed by atoms with van der Waals surface area (Å²) >= 11 is 0. The Hall–Kier alpha value is -1.88. The van der Waals surface area contributed by atoms with Crippen molar-refractivity contribution in [3.05, 3.63) is 35.9 Å². The predicted octanol–water partition coefficient (Wildman–Crippen LogP) is 1.35. The van der Waals surface area contributed by atoms with E-state index in [0.717, 1.165) is 5.56 Å². The van der Waals surface area contributed by atoms with Crippen LogP contribution in [0.25, 0.3) is 0 Å². The first-order chi connectivity index (χ1) is 9.45. The van der Waals surface area contributed by atoms with Crippen LogP contribution < -0.4 is 0 Å². The van der Waals surface area contributed by atoms with E-state index in [1.165, 1.54) is 11.8 Å². The molecule has 0 saturated heterocycles. The number of aliphatic hydroxyl groups excluding tert-OH is 1. The molecule has 2 atom stereocenters. The quantitative estimate of drug-likeness (QED) is 0.798. The lowest BCUT2D eigenvalue weighted by Crippen LogP contribution is -2.38. The van der Waals surface area contributed by atoms with Crippen LogP contribution in [-0.2, 0) is 20.9 Å². The summed E-state index contributed by atoms with van der Waals surface area (Å²) in [5.41, 5.74) is 0.996. The molecule has 20 heavy (non-hydrogen) atoms. The maximum Gasteiger partial charge on any atom is 0.335 e. The molecule has 0 fully saturated rings. The fourth-order valence-corrected chi connectivity index (χ4v) is 1.72. The Morgan fingerprint density at radius 2 is 1.90 bits per heavy atom. The van der Waals surface area contributed by atoms with Gasteiger partial charge in [0.2, 0.25) is 0 Å². The van der Waals surface area contributed by atoms with Gasteiger partial charge in [-0.1, -0.05) is 37.3 Å². The summed E-state index contributed by atoms with van der Waals surface area (Å²) in [4.78, 5) is 25.0. The van der Waals surface area contributed by atoms with Gasteiger partial charge < -0.3 is 14.7 Å². The zero-order chi connectivity index (χ0) is 15.1. The molecule has 1 aromatic rings. The number of rotatable bonds is 6. The van der Waals surface area contributed by atoms with Gasteiger partial charge in [-0.25, -0.2) is 4.79 Å². The van der Waals surface area contributed by atoms with E-state index in [-0.39, 0.29) is 12.3 Å². The molecule has 2 unspecified atom stereocenters. The van der Waals surface area contributed by atoms with E-state index in [1.54, 1.807) is 14.0 Å². The summed E-state index contributed by atoms with van der Waals surface area (Å²) in [7, 11) is 1.65. The van der Waals surface area contributed by atoms with Crippen LogP contribution in [0.1, 0.15) is 25.8 Å². The van der Waals surface area contributed by atoms with E-state index < -0.39 is 18.2 Å². The lowest BCUT2D eigenvalue weighted by Gasteiger charge is -2.22. The number of hydrogen-bond acceptors (Lipinski definition) is 4. The Morgan fingerprint density at radius 3 is 2.45 bits per heavy atom. The normalized spacial score (nSPS) is 13.4. The Balaban J connectivity index is 2.54. The van der Waals surface area contributed by atoms with E-state index in [1.807, 2.05) is 30.3 Å². The van der Waals surface area contributed by atoms with E-state index in [0.29, 0.717) is 6.54 Å². The second kappa shape index (κ2) is 7.65. The molecule has 5 heteroatoms. The monoisotopic (exact) mass is 279 g/mol. The first-order valence-corrected chi connectivity index (χ1v) is 6.63. The Morgan fingerprint density at radius 1 is 1.30 bits per heavy atom. The lowest BCUT2D eigenvalue weighted by molar-refractivity contribution is -0.165. The average Bonchev–Trinajstić information content (AvgIpc) is 2.46. The Bertz CT molecular complexity index is 446. The molecule has 0 aliphatic carbocycles. The fourth-order valence-electron chi connectivity index (χ4n) is 1.72. The van der Waals surface area contributed by atoms with Gasteiger partial charge in [-0.05, 0) is 18.9 Å². The van der Waals surface area contributed by atoms with Crippen LogP contribution in [0.15, 0.2) is 30.3 Å². The van der Waals surface area contributed by atoms with Crippen molar-refractivity contribution in [1.82, 2.24) is 4.90 Å². The average molecular weight is 279 g/mol. The highest BCUT2D eigenvalue weighted by Crippen LogP contribution is 2.07. The number of ether oxygens (including phenoxy) is 1. The number of hydrogen-bond donors (Lipinski definition) is 1. The zero-order valence-corrected chi connectivity index (χ0v) is 12.1. The molecular formula is C15H21NO4. The van der Waals surface area contributed by atoms with Crippen molar-refractivity contribution < 1.29 is 19.4 Å². The minimum absolute atomic E-state index is 0.263. The molecule has 1 amide bonds. The zero-order valence-electron chi connectivity index (χ0n) is 12.1. The number of aliphatic hydroxyl groups is 1. The molecule has 110 valence electrons. The van der Waals surface area contributed by atoms with Crippen LogP contribution in [0.4, 0.5) is 0 Å². The highest BCUT2D eigenvalue weighted by molar-refractivity contribution is 5.84. The molecule has 0 aliphatic heterocycles. The third-order valence-corrected chi connectivity index (χ3v) is 2.94. The molecule has 0 heterocycles. The molecule has 0 aromatic heterocycles. The summed E-state index contributed by atoms with van der Waals surface area (Å²) in [5, 5.41) is 9.33. The summed E-state index contributed by atoms with van der Waals surface area (Å²) in [6.07, 6.45) is -1.82. The lowest BCUT2D eigenvalue weighted by atomic mass is 10.2. The van der Waals surface area contributed by atoms with Crippen molar-refractivity contribution in [3.8, 4) is 0 Å². The largest absolute Gasteiger partial charge is 0.451 e. The third-order valence-electron chi connectivity index (χ3n) is 2.94. The minimum atomic E-state index is -1.18. The summed E-state index contributed by atoms with van der Waals surface area (Å²) in [6.45, 7) is 3.61. The Labute approximate surface area is 119 Å². The van der Waals surface area contributed by atoms with Gasteiger partial charge in [-0.15, -0.1) is 0 Å². The number of benzene rings is 1. The molecule has 0 aliphatic rings. The first kappa shape index (κ1) is 16.2. The van der Waals surface area contributed by atoms with Crippen molar-refractivity contribution >= 4 is 11.9 Å². The van der Waals surface area contributed by atoms with Crippen molar-refractivity contribution in [2.75, 3.05) is 7.05 Å². The van der Waals surface area contributed by atoms with Crippen LogP contribution >= 0.6 is 0 Å². The van der Waals surface area contributed by atoms with Crippen LogP contribution in [-0.4, -0.2) is 41.1 Å². The molecule has 5 nitrogen and oxygen atoms in total. The number of likely N-dealkylation sites (N-methyl/N-ethyl adjacent to an activating group) is 1. The van der Waals surface area contributed by atoms with Crippen LogP contribution in [0.5, 0.6) is 0 Å². The highest BCUT2D eigenvalue weighted by atomic mass is 16.6. The van der Waals surface area contributed by atoms with Crippen molar-refractivity contribution in [3.63, 3.8) is 0 Å². The van der Waals surface area contributed by atoms with Crippen LogP contribution in [0.2, 0.25) is 0 Å². The van der Waals surface area contributed by atoms with Gasteiger partial charge in [0.25, 0.3) is 5.91 Å². The Kier molecular flexibility index (Phi) is 6.18.